The van der Waals surface area contributed by atoms with E-state index in [4.69, 9.17) is 19.2 Å². The fourth-order valence-corrected chi connectivity index (χ4v) is 10.7. The van der Waals surface area contributed by atoms with Crippen molar-refractivity contribution in [1.82, 2.24) is 25.2 Å². The van der Waals surface area contributed by atoms with Crippen LogP contribution in [0.5, 0.6) is 11.5 Å². The lowest BCUT2D eigenvalue weighted by molar-refractivity contribution is -0.142. The number of pyridine rings is 1. The number of alkyl carbamates (subject to hydrolysis) is 1. The minimum atomic E-state index is -3.91. The van der Waals surface area contributed by atoms with E-state index >= 15 is 0 Å². The molecule has 3 saturated carbocycles. The van der Waals surface area contributed by atoms with Crippen LogP contribution >= 0.6 is 0 Å². The molecule has 4 fully saturated rings. The Morgan fingerprint density at radius 1 is 1.03 bits per heavy atom. The van der Waals surface area contributed by atoms with Gasteiger partial charge >= 0.3 is 6.09 Å². The zero-order valence-corrected chi connectivity index (χ0v) is 36.1. The van der Waals surface area contributed by atoms with Gasteiger partial charge in [0.05, 0.1) is 36.7 Å². The first-order valence-corrected chi connectivity index (χ1v) is 23.2. The molecule has 15 heteroatoms. The summed E-state index contributed by atoms with van der Waals surface area (Å²) in [5.74, 6) is -1.38. The molecule has 5 aliphatic rings. The Hall–Kier alpha value is -5.18. The third-order valence-electron chi connectivity index (χ3n) is 13.2. The molecule has 1 saturated heterocycles. The molecule has 2 aromatic carbocycles. The summed E-state index contributed by atoms with van der Waals surface area (Å²) < 4.78 is 46.5. The third-order valence-corrected chi connectivity index (χ3v) is 15.0. The minimum Gasteiger partial charge on any atom is -0.496 e. The molecule has 0 unspecified atom stereocenters. The number of aromatic nitrogens is 1. The number of amides is 4. The first-order chi connectivity index (χ1) is 29.2. The summed E-state index contributed by atoms with van der Waals surface area (Å²) in [6.45, 7) is 8.09. The predicted molar refractivity (Wildman–Crippen MR) is 229 cm³/mol. The second-order valence-electron chi connectivity index (χ2n) is 18.3. The standard InChI is InChI=1S/C46H57N5O9S/c1-5-31-25-46(31,43(54)50-61(56,57)33-18-19-33)49-41(52)37-22-32-26-51(37)42(53)40(29-15-9-10-16-29)48-44(55)59-27-45(2,3)20-12-11-17-30-21-34-36(24-38(30)58-4)47-35(23-39(34)60-32)28-13-7-6-8-14-28/h5-8,13-14,21,23-24,29,31-33,37,40H,1,9-12,15-20,22,25-27H2,2-4H3,(H,48,55)(H,49,52)(H,50,54)/t31-,32-,37+,40+,46-/m1/s1. The maximum atomic E-state index is 15.0. The van der Waals surface area contributed by atoms with Gasteiger partial charge in [-0.2, -0.15) is 0 Å². The van der Waals surface area contributed by atoms with Gasteiger partial charge in [0.2, 0.25) is 21.8 Å². The molecule has 0 radical (unpaired) electrons. The lowest BCUT2D eigenvalue weighted by Crippen LogP contribution is -2.59. The van der Waals surface area contributed by atoms with Gasteiger partial charge in [0.15, 0.2) is 0 Å². The zero-order chi connectivity index (χ0) is 43.1. The second kappa shape index (κ2) is 16.9. The Labute approximate surface area is 357 Å². The van der Waals surface area contributed by atoms with E-state index in [2.05, 4.69) is 41.8 Å². The SMILES string of the molecule is C=C[C@@H]1C[C@]1(NC(=O)[C@@H]1C[C@@H]2CN1C(=O)[C@H](C1CCCC1)NC(=O)OCC(C)(C)CCCCc1cc3c(cc(-c4ccccc4)nc3cc1OC)O2)C(=O)NS(=O)(=O)C1CC1. The van der Waals surface area contributed by atoms with Crippen LogP contribution < -0.4 is 24.8 Å². The average Bonchev–Trinajstić information content (AvgIpc) is 4.12. The number of hydrogen-bond acceptors (Lipinski definition) is 10. The fourth-order valence-electron chi connectivity index (χ4n) is 9.35. The van der Waals surface area contributed by atoms with E-state index in [0.29, 0.717) is 48.4 Å². The number of sulfonamides is 1. The highest BCUT2D eigenvalue weighted by Gasteiger charge is 2.62. The van der Waals surface area contributed by atoms with Gasteiger partial charge in [-0.05, 0) is 74.3 Å². The van der Waals surface area contributed by atoms with E-state index < -0.39 is 68.7 Å². The number of rotatable bonds is 9. The number of aryl methyl sites for hydroxylation is 1. The lowest BCUT2D eigenvalue weighted by atomic mass is 9.87. The molecule has 3 aromatic rings. The number of methoxy groups -OCH3 is 1. The van der Waals surface area contributed by atoms with Crippen LogP contribution in [0.2, 0.25) is 0 Å². The largest absolute Gasteiger partial charge is 0.496 e. The van der Waals surface area contributed by atoms with Crippen molar-refractivity contribution in [2.45, 2.75) is 120 Å². The number of carbonyl (C=O) groups is 4. The van der Waals surface area contributed by atoms with Gasteiger partial charge in [-0.1, -0.05) is 69.5 Å². The highest BCUT2D eigenvalue weighted by molar-refractivity contribution is 7.91. The Morgan fingerprint density at radius 2 is 1.79 bits per heavy atom. The summed E-state index contributed by atoms with van der Waals surface area (Å²) in [4.78, 5) is 63.4. The van der Waals surface area contributed by atoms with Crippen molar-refractivity contribution in [3.63, 3.8) is 0 Å². The van der Waals surface area contributed by atoms with Gasteiger partial charge in [0.25, 0.3) is 5.91 Å². The number of carbonyl (C=O) groups excluding carboxylic acids is 4. The summed E-state index contributed by atoms with van der Waals surface area (Å²) in [6.07, 6.45) is 7.72. The highest BCUT2D eigenvalue weighted by atomic mass is 32.2. The molecule has 14 nitrogen and oxygen atoms in total. The van der Waals surface area contributed by atoms with Crippen molar-refractivity contribution in [3.8, 4) is 22.8 Å². The summed E-state index contributed by atoms with van der Waals surface area (Å²) in [6, 6.07) is 13.5. The van der Waals surface area contributed by atoms with Gasteiger partial charge in [0.1, 0.15) is 35.2 Å². The third kappa shape index (κ3) is 9.08. The number of ether oxygens (including phenoxy) is 3. The smallest absolute Gasteiger partial charge is 0.407 e. The van der Waals surface area contributed by atoms with Crippen LogP contribution in [0, 0.1) is 17.3 Å². The molecule has 3 heterocycles. The normalized spacial score (nSPS) is 27.2. The van der Waals surface area contributed by atoms with E-state index in [9.17, 15) is 27.6 Å². The van der Waals surface area contributed by atoms with Crippen LogP contribution in [-0.4, -0.2) is 91.4 Å². The summed E-state index contributed by atoms with van der Waals surface area (Å²) in [5.41, 5.74) is 1.28. The molecule has 2 aliphatic heterocycles. The fraction of sp³-hybridized carbons (Fsp3) is 0.543. The van der Waals surface area contributed by atoms with E-state index in [1.807, 2.05) is 42.5 Å². The number of nitrogens with one attached hydrogen (secondary N) is 3. The van der Waals surface area contributed by atoms with Crippen molar-refractivity contribution in [1.29, 1.82) is 0 Å². The van der Waals surface area contributed by atoms with E-state index in [0.717, 1.165) is 55.0 Å². The van der Waals surface area contributed by atoms with Crippen LogP contribution in [0.3, 0.4) is 0 Å². The molecular weight excluding hydrogens is 799 g/mol. The number of benzene rings is 2. The van der Waals surface area contributed by atoms with E-state index in [-0.39, 0.29) is 37.3 Å². The van der Waals surface area contributed by atoms with Crippen molar-refractivity contribution in [2.24, 2.45) is 17.3 Å². The maximum Gasteiger partial charge on any atom is 0.407 e. The van der Waals surface area contributed by atoms with Crippen LogP contribution in [0.4, 0.5) is 4.79 Å². The summed E-state index contributed by atoms with van der Waals surface area (Å²) >= 11 is 0. The zero-order valence-electron chi connectivity index (χ0n) is 35.2. The quantitative estimate of drug-likeness (QED) is 0.217. The molecule has 5 atom stereocenters. The molecule has 3 N–H and O–H groups in total. The number of cyclic esters (lactones) is 1. The van der Waals surface area contributed by atoms with E-state index in [1.165, 1.54) is 11.0 Å². The molecule has 4 bridgehead atoms. The first-order valence-electron chi connectivity index (χ1n) is 21.7. The second-order valence-corrected chi connectivity index (χ2v) is 20.3. The van der Waals surface area contributed by atoms with Crippen molar-refractivity contribution >= 4 is 44.7 Å². The van der Waals surface area contributed by atoms with Crippen molar-refractivity contribution in [2.75, 3.05) is 20.3 Å². The summed E-state index contributed by atoms with van der Waals surface area (Å²) in [7, 11) is -2.27. The minimum absolute atomic E-state index is 0.00244. The number of hydrogen-bond donors (Lipinski definition) is 3. The Bertz CT molecular complexity index is 2310. The predicted octanol–water partition coefficient (Wildman–Crippen LogP) is 5.97. The Kier molecular flexibility index (Phi) is 11.8. The van der Waals surface area contributed by atoms with Crippen LogP contribution in [0.25, 0.3) is 22.2 Å². The molecule has 3 aliphatic carbocycles. The Balaban J connectivity index is 1.18. The van der Waals surface area contributed by atoms with Crippen molar-refractivity contribution in [3.05, 3.63) is 66.7 Å². The Morgan fingerprint density at radius 3 is 2.48 bits per heavy atom. The molecule has 4 amide bonds. The number of nitrogens with zero attached hydrogens (tertiary/aromatic N) is 2. The molecule has 0 spiro atoms. The van der Waals surface area contributed by atoms with Crippen LogP contribution in [0.15, 0.2) is 61.2 Å². The van der Waals surface area contributed by atoms with Gasteiger partial charge < -0.3 is 29.7 Å². The highest BCUT2D eigenvalue weighted by Crippen LogP contribution is 2.46. The molecular formula is C46H57N5O9S. The van der Waals surface area contributed by atoms with Crippen LogP contribution in [-0.2, 0) is 35.6 Å². The monoisotopic (exact) mass is 855 g/mol. The summed E-state index contributed by atoms with van der Waals surface area (Å²) in [5, 5.41) is 5.89. The van der Waals surface area contributed by atoms with Gasteiger partial charge in [0, 0.05) is 35.4 Å². The number of fused-ring (bicyclic) bond motifs is 3. The van der Waals surface area contributed by atoms with Gasteiger partial charge in [-0.15, -0.1) is 6.58 Å². The maximum absolute atomic E-state index is 15.0. The first kappa shape index (κ1) is 42.5. The van der Waals surface area contributed by atoms with Crippen molar-refractivity contribution < 1.29 is 41.8 Å². The molecule has 326 valence electrons. The molecule has 61 heavy (non-hydrogen) atoms. The topological polar surface area (TPSA) is 182 Å². The van der Waals surface area contributed by atoms with Gasteiger partial charge in [-0.25, -0.2) is 18.2 Å². The van der Waals surface area contributed by atoms with E-state index in [1.54, 1.807) is 7.11 Å². The molecule has 8 rings (SSSR count). The molecule has 1 aromatic heterocycles. The average molecular weight is 856 g/mol. The van der Waals surface area contributed by atoms with Gasteiger partial charge in [-0.3, -0.25) is 19.1 Å². The lowest BCUT2D eigenvalue weighted by Gasteiger charge is -2.32. The van der Waals surface area contributed by atoms with Crippen LogP contribution in [0.1, 0.15) is 90.0 Å².